The fourth-order valence-electron chi connectivity index (χ4n) is 3.51. The van der Waals surface area contributed by atoms with Gasteiger partial charge in [0.25, 0.3) is 5.91 Å². The summed E-state index contributed by atoms with van der Waals surface area (Å²) in [6.07, 6.45) is 0.376. The van der Waals surface area contributed by atoms with Gasteiger partial charge in [-0.1, -0.05) is 30.3 Å². The van der Waals surface area contributed by atoms with Crippen LogP contribution in [0.1, 0.15) is 34.9 Å². The van der Waals surface area contributed by atoms with Crippen LogP contribution in [0.3, 0.4) is 0 Å². The van der Waals surface area contributed by atoms with Crippen LogP contribution in [0.15, 0.2) is 53.4 Å². The van der Waals surface area contributed by atoms with Crippen LogP contribution in [0.2, 0.25) is 0 Å². The zero-order valence-electron chi connectivity index (χ0n) is 18.2. The Hall–Kier alpha value is -2.95. The zero-order valence-corrected chi connectivity index (χ0v) is 19.0. The van der Waals surface area contributed by atoms with E-state index in [1.807, 2.05) is 0 Å². The van der Waals surface area contributed by atoms with Crippen molar-refractivity contribution in [2.75, 3.05) is 33.4 Å². The topological polar surface area (TPSA) is 111 Å². The van der Waals surface area contributed by atoms with Crippen LogP contribution >= 0.6 is 0 Å². The summed E-state index contributed by atoms with van der Waals surface area (Å²) < 4.78 is 44.3. The lowest BCUT2D eigenvalue weighted by Gasteiger charge is -2.30. The minimum absolute atomic E-state index is 0.00248. The predicted octanol–water partition coefficient (Wildman–Crippen LogP) is 1.89. The highest BCUT2D eigenvalue weighted by Gasteiger charge is 2.33. The second-order valence-corrected chi connectivity index (χ2v) is 9.58. The van der Waals surface area contributed by atoms with Gasteiger partial charge in [-0.15, -0.1) is 0 Å². The largest absolute Gasteiger partial charge is 0.495 e. The zero-order chi connectivity index (χ0) is 23.4. The Morgan fingerprint density at radius 2 is 1.79 bits per heavy atom. The molecule has 1 saturated heterocycles. The second kappa shape index (κ2) is 9.90. The minimum Gasteiger partial charge on any atom is -0.495 e. The third-order valence-corrected chi connectivity index (χ3v) is 7.00. The number of carbonyl (C=O) groups excluding carboxylic acids is 2. The number of benzene rings is 2. The normalized spacial score (nSPS) is 17.3. The van der Waals surface area contributed by atoms with E-state index >= 15 is 0 Å². The number of morpholine rings is 1. The van der Waals surface area contributed by atoms with Crippen molar-refractivity contribution in [2.24, 2.45) is 0 Å². The third kappa shape index (κ3) is 5.52. The molecule has 4 rings (SSSR count). The van der Waals surface area contributed by atoms with Gasteiger partial charge in [-0.05, 0) is 31.0 Å². The standard InChI is InChI=1S/C23H26N2O7S/c1-30-19-10-7-17(15-20(19)33(28,29)24-18-8-9-18)23(27)32-21(16-5-3-2-4-6-16)22(26)25-11-13-31-14-12-25/h2-7,10,15,18,21,24H,8-9,11-14H2,1H3/t21-/m0/s1. The number of sulfonamides is 1. The molecule has 1 saturated carbocycles. The van der Waals surface area contributed by atoms with E-state index < -0.39 is 22.1 Å². The molecule has 1 heterocycles. The Morgan fingerprint density at radius 1 is 1.09 bits per heavy atom. The van der Waals surface area contributed by atoms with E-state index in [1.54, 1.807) is 35.2 Å². The highest BCUT2D eigenvalue weighted by Crippen LogP contribution is 2.29. The van der Waals surface area contributed by atoms with Gasteiger partial charge in [-0.2, -0.15) is 0 Å². The van der Waals surface area contributed by atoms with Gasteiger partial charge < -0.3 is 19.1 Å². The third-order valence-electron chi connectivity index (χ3n) is 5.46. The monoisotopic (exact) mass is 474 g/mol. The Morgan fingerprint density at radius 3 is 2.42 bits per heavy atom. The molecule has 2 aliphatic rings. The van der Waals surface area contributed by atoms with Gasteiger partial charge in [0.2, 0.25) is 16.1 Å². The average molecular weight is 475 g/mol. The van der Waals surface area contributed by atoms with Gasteiger partial charge in [0.15, 0.2) is 0 Å². The van der Waals surface area contributed by atoms with Crippen molar-refractivity contribution in [3.8, 4) is 5.75 Å². The first-order chi connectivity index (χ1) is 15.9. The molecule has 1 amide bonds. The van der Waals surface area contributed by atoms with Gasteiger partial charge in [0.05, 0.1) is 25.9 Å². The van der Waals surface area contributed by atoms with Crippen LogP contribution in [0.25, 0.3) is 0 Å². The lowest BCUT2D eigenvalue weighted by molar-refractivity contribution is -0.145. The summed E-state index contributed by atoms with van der Waals surface area (Å²) in [5, 5.41) is 0. The maximum atomic E-state index is 13.2. The van der Waals surface area contributed by atoms with E-state index in [4.69, 9.17) is 14.2 Å². The smallest absolute Gasteiger partial charge is 0.339 e. The molecule has 1 aliphatic carbocycles. The van der Waals surface area contributed by atoms with Crippen molar-refractivity contribution < 1.29 is 32.2 Å². The highest BCUT2D eigenvalue weighted by atomic mass is 32.2. The predicted molar refractivity (Wildman–Crippen MR) is 118 cm³/mol. The number of rotatable bonds is 8. The van der Waals surface area contributed by atoms with Crippen LogP contribution in [0.4, 0.5) is 0 Å². The maximum absolute atomic E-state index is 13.2. The summed E-state index contributed by atoms with van der Waals surface area (Å²) in [6.45, 7) is 1.62. The highest BCUT2D eigenvalue weighted by molar-refractivity contribution is 7.89. The van der Waals surface area contributed by atoms with E-state index in [0.717, 1.165) is 12.8 Å². The van der Waals surface area contributed by atoms with Crippen LogP contribution in [-0.4, -0.2) is 64.6 Å². The number of ether oxygens (including phenoxy) is 3. The van der Waals surface area contributed by atoms with Crippen molar-refractivity contribution in [1.82, 2.24) is 9.62 Å². The quantitative estimate of drug-likeness (QED) is 0.582. The molecule has 1 atom stereocenters. The number of hydrogen-bond donors (Lipinski definition) is 1. The molecule has 2 fully saturated rings. The van der Waals surface area contributed by atoms with E-state index in [0.29, 0.717) is 31.9 Å². The lowest BCUT2D eigenvalue weighted by atomic mass is 10.1. The molecule has 176 valence electrons. The molecule has 9 nitrogen and oxygen atoms in total. The first-order valence-electron chi connectivity index (χ1n) is 10.7. The van der Waals surface area contributed by atoms with Gasteiger partial charge in [-0.3, -0.25) is 4.79 Å². The number of nitrogens with one attached hydrogen (secondary N) is 1. The molecule has 33 heavy (non-hydrogen) atoms. The number of nitrogens with zero attached hydrogens (tertiary/aromatic N) is 1. The molecule has 10 heteroatoms. The number of hydrogen-bond acceptors (Lipinski definition) is 7. The Labute approximate surface area is 192 Å². The Kier molecular flexibility index (Phi) is 6.96. The number of amides is 1. The van der Waals surface area contributed by atoms with Crippen molar-refractivity contribution >= 4 is 21.9 Å². The van der Waals surface area contributed by atoms with Gasteiger partial charge >= 0.3 is 5.97 Å². The van der Waals surface area contributed by atoms with E-state index in [2.05, 4.69) is 4.72 Å². The number of methoxy groups -OCH3 is 1. The molecule has 0 aromatic heterocycles. The maximum Gasteiger partial charge on any atom is 0.339 e. The fourth-order valence-corrected chi connectivity index (χ4v) is 5.01. The molecular formula is C23H26N2O7S. The van der Waals surface area contributed by atoms with Crippen LogP contribution in [0.5, 0.6) is 5.75 Å². The molecule has 0 radical (unpaired) electrons. The molecule has 2 aromatic carbocycles. The van der Waals surface area contributed by atoms with Crippen molar-refractivity contribution in [1.29, 1.82) is 0 Å². The first kappa shape index (κ1) is 23.2. The molecule has 0 spiro atoms. The molecule has 2 aromatic rings. The van der Waals surface area contributed by atoms with Crippen LogP contribution in [-0.2, 0) is 24.3 Å². The van der Waals surface area contributed by atoms with Crippen molar-refractivity contribution in [3.63, 3.8) is 0 Å². The van der Waals surface area contributed by atoms with Gasteiger partial charge in [-0.25, -0.2) is 17.9 Å². The average Bonchev–Trinajstić information content (AvgIpc) is 3.66. The lowest BCUT2D eigenvalue weighted by Crippen LogP contribution is -2.44. The summed E-state index contributed by atoms with van der Waals surface area (Å²) in [6, 6.07) is 12.7. The molecular weight excluding hydrogens is 448 g/mol. The van der Waals surface area contributed by atoms with E-state index in [1.165, 1.54) is 25.3 Å². The molecule has 1 aliphatic heterocycles. The summed E-state index contributed by atoms with van der Waals surface area (Å²) in [7, 11) is -2.52. The van der Waals surface area contributed by atoms with E-state index in [-0.39, 0.29) is 28.2 Å². The summed E-state index contributed by atoms with van der Waals surface area (Å²) >= 11 is 0. The minimum atomic E-state index is -3.88. The Bertz CT molecular complexity index is 1110. The Balaban J connectivity index is 1.61. The second-order valence-electron chi connectivity index (χ2n) is 7.89. The summed E-state index contributed by atoms with van der Waals surface area (Å²) in [5.74, 6) is -1.05. The fraction of sp³-hybridized carbons (Fsp3) is 0.391. The SMILES string of the molecule is COc1ccc(C(=O)O[C@H](C(=O)N2CCOCC2)c2ccccc2)cc1S(=O)(=O)NC1CC1. The molecule has 1 N–H and O–H groups in total. The van der Waals surface area contributed by atoms with Crippen LogP contribution in [0, 0.1) is 0 Å². The molecule has 0 unspecified atom stereocenters. The van der Waals surface area contributed by atoms with E-state index in [9.17, 15) is 18.0 Å². The van der Waals surface area contributed by atoms with Crippen molar-refractivity contribution in [2.45, 2.75) is 29.9 Å². The first-order valence-corrected chi connectivity index (χ1v) is 12.2. The van der Waals surface area contributed by atoms with Crippen molar-refractivity contribution in [3.05, 3.63) is 59.7 Å². The summed E-state index contributed by atoms with van der Waals surface area (Å²) in [5.41, 5.74) is 0.529. The molecule has 0 bridgehead atoms. The van der Waals surface area contributed by atoms with Gasteiger partial charge in [0, 0.05) is 24.7 Å². The number of carbonyl (C=O) groups is 2. The van der Waals surface area contributed by atoms with Crippen LogP contribution < -0.4 is 9.46 Å². The van der Waals surface area contributed by atoms with Gasteiger partial charge in [0.1, 0.15) is 10.6 Å². The summed E-state index contributed by atoms with van der Waals surface area (Å²) in [4.78, 5) is 27.7. The number of esters is 1.